The third-order valence-electron chi connectivity index (χ3n) is 6.10. The van der Waals surface area contributed by atoms with Gasteiger partial charge in [-0.1, -0.05) is 48.5 Å². The number of alkyl halides is 3. The predicted molar refractivity (Wildman–Crippen MR) is 127 cm³/mol. The number of aromatic nitrogens is 1. The van der Waals surface area contributed by atoms with Crippen LogP contribution >= 0.6 is 0 Å². The van der Waals surface area contributed by atoms with Crippen LogP contribution in [-0.2, 0) is 12.8 Å². The molecule has 0 radical (unpaired) electrons. The molecule has 0 saturated heterocycles. The minimum atomic E-state index is -4.65. The molecule has 5 aromatic rings. The Labute approximate surface area is 189 Å². The smallest absolute Gasteiger partial charge is 0.406 e. The van der Waals surface area contributed by atoms with Crippen molar-refractivity contribution in [2.75, 3.05) is 0 Å². The van der Waals surface area contributed by atoms with E-state index in [1.807, 2.05) is 0 Å². The molecule has 0 amide bonds. The van der Waals surface area contributed by atoms with E-state index in [1.54, 1.807) is 23.4 Å². The summed E-state index contributed by atoms with van der Waals surface area (Å²) in [6.07, 6.45) is 3.65. The topological polar surface area (TPSA) is 22.1 Å². The lowest BCUT2D eigenvalue weighted by Crippen LogP contribution is -2.16. The van der Waals surface area contributed by atoms with Gasteiger partial charge in [-0.2, -0.15) is 0 Å². The van der Waals surface area contributed by atoms with E-state index in [-0.39, 0.29) is 5.75 Å². The van der Waals surface area contributed by atoms with Crippen LogP contribution in [0.15, 0.2) is 85.2 Å². The first kappa shape index (κ1) is 21.3. The van der Waals surface area contributed by atoms with Crippen molar-refractivity contribution in [3.63, 3.8) is 0 Å². The van der Waals surface area contributed by atoms with Crippen molar-refractivity contribution in [1.29, 1.82) is 0 Å². The van der Waals surface area contributed by atoms with Crippen LogP contribution in [0, 0.1) is 0 Å². The number of fused-ring (bicyclic) bond motifs is 6. The number of rotatable bonds is 1. The van der Waals surface area contributed by atoms with Crippen molar-refractivity contribution in [3.05, 3.63) is 96.3 Å². The third-order valence-corrected chi connectivity index (χ3v) is 6.10. The van der Waals surface area contributed by atoms with Gasteiger partial charge in [0.15, 0.2) is 0 Å². The van der Waals surface area contributed by atoms with Crippen LogP contribution in [0.25, 0.3) is 32.3 Å². The zero-order chi connectivity index (χ0) is 22.8. The molecule has 1 heterocycles. The molecule has 0 aliphatic heterocycles. The minimum absolute atomic E-state index is 0.221. The summed E-state index contributed by atoms with van der Waals surface area (Å²) < 4.78 is 39.5. The van der Waals surface area contributed by atoms with Gasteiger partial charge in [0, 0.05) is 17.8 Å². The molecule has 1 aromatic heterocycles. The molecule has 0 fully saturated rings. The monoisotopic (exact) mass is 445 g/mol. The first-order valence-electron chi connectivity index (χ1n) is 11.0. The van der Waals surface area contributed by atoms with E-state index >= 15 is 0 Å². The second-order valence-electron chi connectivity index (χ2n) is 8.22. The molecule has 0 unspecified atom stereocenters. The van der Waals surface area contributed by atoms with Crippen LogP contribution in [-0.4, -0.2) is 11.3 Å². The summed E-state index contributed by atoms with van der Waals surface area (Å²) in [4.78, 5) is 3.85. The molecular weight excluding hydrogens is 423 g/mol. The van der Waals surface area contributed by atoms with E-state index < -0.39 is 6.36 Å². The van der Waals surface area contributed by atoms with Gasteiger partial charge < -0.3 is 4.74 Å². The lowest BCUT2D eigenvalue weighted by molar-refractivity contribution is -0.274. The molecule has 0 bridgehead atoms. The van der Waals surface area contributed by atoms with Gasteiger partial charge in [0.2, 0.25) is 0 Å². The maximum atomic E-state index is 11.9. The molecule has 1 aliphatic rings. The van der Waals surface area contributed by atoms with Crippen LogP contribution in [0.3, 0.4) is 0 Å². The van der Waals surface area contributed by atoms with Gasteiger partial charge >= 0.3 is 6.36 Å². The number of benzene rings is 4. The molecule has 166 valence electrons. The number of hydrogen-bond donors (Lipinski definition) is 0. The summed E-state index contributed by atoms with van der Waals surface area (Å²) in [5, 5.41) is 7.07. The molecule has 4 aromatic carbocycles. The quantitative estimate of drug-likeness (QED) is 0.244. The number of hydrogen-bond acceptors (Lipinski definition) is 2. The second kappa shape index (κ2) is 8.74. The largest absolute Gasteiger partial charge is 0.573 e. The number of nitrogens with zero attached hydrogens (tertiary/aromatic N) is 1. The standard InChI is InChI=1S/C18H16.C10H6F3NO/c1-3-7-15-13(5-1)9-11-18-16-8-4-2-6-14(16)10-12-17(15)18;11-10(12,13)15-9-2-1-8-6-14-4-3-7(8)5-9/h1,3,5,7,9-12H,2,4,6,8H2;1-6H. The summed E-state index contributed by atoms with van der Waals surface area (Å²) in [6, 6.07) is 23.7. The van der Waals surface area contributed by atoms with Crippen molar-refractivity contribution in [1.82, 2.24) is 4.98 Å². The summed E-state index contributed by atoms with van der Waals surface area (Å²) >= 11 is 0. The number of aryl methyl sites for hydroxylation is 2. The lowest BCUT2D eigenvalue weighted by Gasteiger charge is -2.18. The fourth-order valence-electron chi connectivity index (χ4n) is 4.60. The molecule has 0 atom stereocenters. The van der Waals surface area contributed by atoms with Gasteiger partial charge in [0.05, 0.1) is 0 Å². The number of halogens is 3. The SMILES string of the molecule is FC(F)(F)Oc1ccc2cnccc2c1.c1ccc2c(c1)ccc1c3c(ccc12)CCCC3. The van der Waals surface area contributed by atoms with Gasteiger partial charge in [0.25, 0.3) is 0 Å². The summed E-state index contributed by atoms with van der Waals surface area (Å²) in [5.74, 6) is -0.221. The zero-order valence-electron chi connectivity index (χ0n) is 17.9. The Morgan fingerprint density at radius 2 is 1.48 bits per heavy atom. The van der Waals surface area contributed by atoms with Gasteiger partial charge in [-0.15, -0.1) is 13.2 Å². The Hall–Kier alpha value is -3.60. The molecule has 0 N–H and O–H groups in total. The van der Waals surface area contributed by atoms with E-state index in [0.717, 1.165) is 5.39 Å². The van der Waals surface area contributed by atoms with Gasteiger partial charge in [0.1, 0.15) is 5.75 Å². The van der Waals surface area contributed by atoms with Gasteiger partial charge in [-0.3, -0.25) is 4.98 Å². The average molecular weight is 445 g/mol. The number of ether oxygens (including phenoxy) is 1. The Bertz CT molecular complexity index is 1440. The van der Waals surface area contributed by atoms with E-state index in [2.05, 4.69) is 58.3 Å². The van der Waals surface area contributed by atoms with Crippen LogP contribution in [0.5, 0.6) is 5.75 Å². The number of pyridine rings is 1. The molecular formula is C28H22F3NO. The Morgan fingerprint density at radius 3 is 2.36 bits per heavy atom. The Balaban J connectivity index is 0.000000141. The Morgan fingerprint density at radius 1 is 0.697 bits per heavy atom. The highest BCUT2D eigenvalue weighted by Crippen LogP contribution is 2.33. The lowest BCUT2D eigenvalue weighted by atomic mass is 9.86. The first-order chi connectivity index (χ1) is 16.0. The first-order valence-corrected chi connectivity index (χ1v) is 11.0. The maximum Gasteiger partial charge on any atom is 0.573 e. The molecule has 6 rings (SSSR count). The van der Waals surface area contributed by atoms with Crippen molar-refractivity contribution in [2.45, 2.75) is 32.0 Å². The summed E-state index contributed by atoms with van der Waals surface area (Å²) in [6.45, 7) is 0. The van der Waals surface area contributed by atoms with E-state index in [0.29, 0.717) is 5.39 Å². The molecule has 33 heavy (non-hydrogen) atoms. The van der Waals surface area contributed by atoms with Crippen LogP contribution in [0.4, 0.5) is 13.2 Å². The Kier molecular flexibility index (Phi) is 5.63. The fraction of sp³-hybridized carbons (Fsp3) is 0.179. The highest BCUT2D eigenvalue weighted by atomic mass is 19.4. The van der Waals surface area contributed by atoms with Crippen molar-refractivity contribution in [2.24, 2.45) is 0 Å². The predicted octanol–water partition coefficient (Wildman–Crippen LogP) is 8.01. The van der Waals surface area contributed by atoms with E-state index in [9.17, 15) is 13.2 Å². The van der Waals surface area contributed by atoms with Gasteiger partial charge in [-0.25, -0.2) is 0 Å². The van der Waals surface area contributed by atoms with Crippen LogP contribution < -0.4 is 4.74 Å². The molecule has 5 heteroatoms. The average Bonchev–Trinajstić information content (AvgIpc) is 2.83. The molecule has 0 spiro atoms. The molecule has 0 saturated carbocycles. The summed E-state index contributed by atoms with van der Waals surface area (Å²) in [7, 11) is 0. The highest BCUT2D eigenvalue weighted by Gasteiger charge is 2.31. The second-order valence-corrected chi connectivity index (χ2v) is 8.22. The zero-order valence-corrected chi connectivity index (χ0v) is 17.9. The van der Waals surface area contributed by atoms with Crippen LogP contribution in [0.2, 0.25) is 0 Å². The molecule has 2 nitrogen and oxygen atoms in total. The van der Waals surface area contributed by atoms with E-state index in [1.165, 1.54) is 71.6 Å². The van der Waals surface area contributed by atoms with Gasteiger partial charge in [-0.05, 0) is 88.0 Å². The van der Waals surface area contributed by atoms with Crippen molar-refractivity contribution < 1.29 is 17.9 Å². The third kappa shape index (κ3) is 4.63. The molecule has 1 aliphatic carbocycles. The normalized spacial score (nSPS) is 13.4. The maximum absolute atomic E-state index is 11.9. The highest BCUT2D eigenvalue weighted by molar-refractivity contribution is 6.08. The van der Waals surface area contributed by atoms with Crippen molar-refractivity contribution in [3.8, 4) is 5.75 Å². The summed E-state index contributed by atoms with van der Waals surface area (Å²) in [5.41, 5.74) is 3.17. The fourth-order valence-corrected chi connectivity index (χ4v) is 4.60. The van der Waals surface area contributed by atoms with E-state index in [4.69, 9.17) is 0 Å². The van der Waals surface area contributed by atoms with Crippen molar-refractivity contribution >= 4 is 32.3 Å². The van der Waals surface area contributed by atoms with Crippen LogP contribution in [0.1, 0.15) is 24.0 Å². The minimum Gasteiger partial charge on any atom is -0.406 e.